The normalized spacial score (nSPS) is 16.5. The summed E-state index contributed by atoms with van der Waals surface area (Å²) in [6.07, 6.45) is 7.34. The van der Waals surface area contributed by atoms with Crippen LogP contribution in [0.25, 0.3) is 0 Å². The van der Waals surface area contributed by atoms with Crippen LogP contribution in [-0.2, 0) is 19.5 Å². The number of benzene rings is 2. The average molecular weight is 416 g/mol. The highest BCUT2D eigenvalue weighted by Crippen LogP contribution is 2.28. The molecule has 0 spiro atoms. The van der Waals surface area contributed by atoms with E-state index in [-0.39, 0.29) is 0 Å². The maximum absolute atomic E-state index is 9.51. The largest absolute Gasteiger partial charge is 0.508 e. The van der Waals surface area contributed by atoms with Crippen molar-refractivity contribution in [2.24, 2.45) is 5.92 Å². The fourth-order valence-electron chi connectivity index (χ4n) is 4.79. The van der Waals surface area contributed by atoms with Crippen LogP contribution in [0.3, 0.4) is 0 Å². The zero-order valence-electron chi connectivity index (χ0n) is 18.4. The number of nitrogens with zero attached hydrogens (tertiary/aromatic N) is 3. The van der Waals surface area contributed by atoms with Gasteiger partial charge in [-0.05, 0) is 80.2 Å². The fourth-order valence-corrected chi connectivity index (χ4v) is 4.79. The molecule has 1 aliphatic rings. The summed E-state index contributed by atoms with van der Waals surface area (Å²) in [6.45, 7) is 4.13. The van der Waals surface area contributed by atoms with Gasteiger partial charge in [-0.2, -0.15) is 0 Å². The van der Waals surface area contributed by atoms with Gasteiger partial charge in [0.2, 0.25) is 0 Å². The van der Waals surface area contributed by atoms with Gasteiger partial charge in [0.05, 0.1) is 0 Å². The van der Waals surface area contributed by atoms with Crippen LogP contribution in [0.5, 0.6) is 5.75 Å². The summed E-state index contributed by atoms with van der Waals surface area (Å²) in [5.41, 5.74) is 3.95. The standard InChI is InChI=1S/C27H33N3O/c1-29(20-24-8-5-15-28-19-24)27(18-22-6-3-2-4-7-22)25-13-16-30(17-14-25)21-23-9-11-26(31)12-10-23/h2-12,15,19,25,27,31H,13-14,16-18,20-21H2,1H3/t27-/m1/s1. The van der Waals surface area contributed by atoms with E-state index in [0.29, 0.717) is 17.7 Å². The van der Waals surface area contributed by atoms with Gasteiger partial charge in [0.15, 0.2) is 0 Å². The molecule has 31 heavy (non-hydrogen) atoms. The van der Waals surface area contributed by atoms with E-state index in [9.17, 15) is 5.11 Å². The van der Waals surface area contributed by atoms with E-state index in [1.807, 2.05) is 30.6 Å². The molecule has 0 amide bonds. The number of hydrogen-bond donors (Lipinski definition) is 1. The maximum atomic E-state index is 9.51. The number of aromatic nitrogens is 1. The zero-order valence-corrected chi connectivity index (χ0v) is 18.4. The third-order valence-electron chi connectivity index (χ3n) is 6.53. The molecule has 4 heteroatoms. The molecule has 1 fully saturated rings. The number of likely N-dealkylation sites (N-methyl/N-ethyl adjacent to an activating group) is 1. The van der Waals surface area contributed by atoms with Crippen molar-refractivity contribution >= 4 is 0 Å². The molecule has 4 rings (SSSR count). The van der Waals surface area contributed by atoms with Crippen LogP contribution >= 0.6 is 0 Å². The Kier molecular flexibility index (Phi) is 7.34. The summed E-state index contributed by atoms with van der Waals surface area (Å²) in [6, 6.07) is 23.2. The van der Waals surface area contributed by atoms with Gasteiger partial charge in [0.25, 0.3) is 0 Å². The summed E-state index contributed by atoms with van der Waals surface area (Å²) in [4.78, 5) is 9.38. The third kappa shape index (κ3) is 6.16. The highest BCUT2D eigenvalue weighted by Gasteiger charge is 2.29. The third-order valence-corrected chi connectivity index (χ3v) is 6.53. The number of rotatable bonds is 8. The van der Waals surface area contributed by atoms with Gasteiger partial charge in [0, 0.05) is 31.5 Å². The molecule has 0 bridgehead atoms. The van der Waals surface area contributed by atoms with Gasteiger partial charge in [-0.1, -0.05) is 48.5 Å². The number of phenols is 1. The van der Waals surface area contributed by atoms with Gasteiger partial charge in [-0.3, -0.25) is 14.8 Å². The van der Waals surface area contributed by atoms with E-state index in [1.165, 1.54) is 29.5 Å². The smallest absolute Gasteiger partial charge is 0.115 e. The molecule has 1 aromatic heterocycles. The molecule has 3 aromatic rings. The van der Waals surface area contributed by atoms with Crippen molar-refractivity contribution in [2.45, 2.75) is 38.4 Å². The summed E-state index contributed by atoms with van der Waals surface area (Å²) in [7, 11) is 2.27. The van der Waals surface area contributed by atoms with Crippen molar-refractivity contribution in [1.82, 2.24) is 14.8 Å². The van der Waals surface area contributed by atoms with Crippen LogP contribution in [0.1, 0.15) is 29.5 Å². The average Bonchev–Trinajstić information content (AvgIpc) is 2.81. The Hall–Kier alpha value is -2.69. The number of pyridine rings is 1. The molecular formula is C27H33N3O. The van der Waals surface area contributed by atoms with Gasteiger partial charge < -0.3 is 5.11 Å². The second-order valence-electron chi connectivity index (χ2n) is 8.81. The summed E-state index contributed by atoms with van der Waals surface area (Å²) < 4.78 is 0. The predicted octanol–water partition coefficient (Wildman–Crippen LogP) is 4.74. The lowest BCUT2D eigenvalue weighted by molar-refractivity contribution is 0.0954. The van der Waals surface area contributed by atoms with Crippen LogP contribution in [0, 0.1) is 5.92 Å². The first kappa shape index (κ1) is 21.5. The Morgan fingerprint density at radius 1 is 0.935 bits per heavy atom. The van der Waals surface area contributed by atoms with Crippen LogP contribution in [-0.4, -0.2) is 46.1 Å². The molecule has 1 aliphatic heterocycles. The van der Waals surface area contributed by atoms with Crippen molar-refractivity contribution in [3.05, 3.63) is 95.8 Å². The zero-order chi connectivity index (χ0) is 21.5. The quantitative estimate of drug-likeness (QED) is 0.577. The lowest BCUT2D eigenvalue weighted by atomic mass is 9.84. The Morgan fingerprint density at radius 2 is 1.65 bits per heavy atom. The van der Waals surface area contributed by atoms with Gasteiger partial charge in [-0.25, -0.2) is 0 Å². The summed E-state index contributed by atoms with van der Waals surface area (Å²) in [5, 5.41) is 9.51. The van der Waals surface area contributed by atoms with Crippen molar-refractivity contribution in [1.29, 1.82) is 0 Å². The molecule has 1 atom stereocenters. The number of aromatic hydroxyl groups is 1. The Balaban J connectivity index is 1.40. The highest BCUT2D eigenvalue weighted by molar-refractivity contribution is 5.25. The second kappa shape index (κ2) is 10.6. The summed E-state index contributed by atoms with van der Waals surface area (Å²) >= 11 is 0. The highest BCUT2D eigenvalue weighted by atomic mass is 16.3. The Labute approximate surface area is 186 Å². The minimum absolute atomic E-state index is 0.336. The molecule has 162 valence electrons. The van der Waals surface area contributed by atoms with E-state index in [4.69, 9.17) is 0 Å². The lowest BCUT2D eigenvalue weighted by Gasteiger charge is -2.40. The van der Waals surface area contributed by atoms with Gasteiger partial charge in [-0.15, -0.1) is 0 Å². The molecule has 2 aromatic carbocycles. The lowest BCUT2D eigenvalue weighted by Crippen LogP contribution is -2.44. The van der Waals surface area contributed by atoms with E-state index in [0.717, 1.165) is 32.6 Å². The van der Waals surface area contributed by atoms with Gasteiger partial charge >= 0.3 is 0 Å². The van der Waals surface area contributed by atoms with E-state index < -0.39 is 0 Å². The minimum atomic E-state index is 0.336. The monoisotopic (exact) mass is 415 g/mol. The van der Waals surface area contributed by atoms with Crippen molar-refractivity contribution in [2.75, 3.05) is 20.1 Å². The second-order valence-corrected chi connectivity index (χ2v) is 8.81. The molecule has 0 aliphatic carbocycles. The summed E-state index contributed by atoms with van der Waals surface area (Å²) in [5.74, 6) is 1.01. The number of likely N-dealkylation sites (tertiary alicyclic amines) is 1. The fraction of sp³-hybridized carbons (Fsp3) is 0.370. The SMILES string of the molecule is CN(Cc1cccnc1)[C@H](Cc1ccccc1)C1CCN(Cc2ccc(O)cc2)CC1. The Bertz CT molecular complexity index is 906. The molecule has 4 nitrogen and oxygen atoms in total. The topological polar surface area (TPSA) is 39.6 Å². The number of piperidine rings is 1. The molecule has 1 saturated heterocycles. The van der Waals surface area contributed by atoms with Crippen molar-refractivity contribution in [3.63, 3.8) is 0 Å². The Morgan fingerprint density at radius 3 is 2.32 bits per heavy atom. The van der Waals surface area contributed by atoms with E-state index in [1.54, 1.807) is 12.1 Å². The van der Waals surface area contributed by atoms with Crippen LogP contribution in [0.15, 0.2) is 79.1 Å². The molecule has 1 N–H and O–H groups in total. The van der Waals surface area contributed by atoms with Gasteiger partial charge in [0.1, 0.15) is 5.75 Å². The molecule has 2 heterocycles. The first-order valence-electron chi connectivity index (χ1n) is 11.3. The van der Waals surface area contributed by atoms with Crippen molar-refractivity contribution in [3.8, 4) is 5.75 Å². The molecule has 0 radical (unpaired) electrons. The van der Waals surface area contributed by atoms with Crippen LogP contribution < -0.4 is 0 Å². The van der Waals surface area contributed by atoms with E-state index >= 15 is 0 Å². The first-order valence-corrected chi connectivity index (χ1v) is 11.3. The molecule has 0 saturated carbocycles. The predicted molar refractivity (Wildman–Crippen MR) is 126 cm³/mol. The minimum Gasteiger partial charge on any atom is -0.508 e. The number of phenolic OH excluding ortho intramolecular Hbond substituents is 1. The molecule has 0 unspecified atom stereocenters. The molecular weight excluding hydrogens is 382 g/mol. The van der Waals surface area contributed by atoms with Crippen LogP contribution in [0.4, 0.5) is 0 Å². The first-order chi connectivity index (χ1) is 15.2. The maximum Gasteiger partial charge on any atom is 0.115 e. The van der Waals surface area contributed by atoms with Crippen molar-refractivity contribution < 1.29 is 5.11 Å². The number of hydrogen-bond acceptors (Lipinski definition) is 4. The van der Waals surface area contributed by atoms with Crippen LogP contribution in [0.2, 0.25) is 0 Å². The van der Waals surface area contributed by atoms with E-state index in [2.05, 4.69) is 58.2 Å².